The minimum absolute atomic E-state index is 0.297. The predicted molar refractivity (Wildman–Crippen MR) is 55.1 cm³/mol. The number of nitrogens with zero attached hydrogens (tertiary/aromatic N) is 1. The third kappa shape index (κ3) is 3.55. The van der Waals surface area contributed by atoms with E-state index in [4.69, 9.17) is 11.6 Å². The minimum Gasteiger partial charge on any atom is -0.247 e. The second-order valence-electron chi connectivity index (χ2n) is 3.06. The first kappa shape index (κ1) is 10.0. The molecule has 12 heavy (non-hydrogen) atoms. The fourth-order valence-electron chi connectivity index (χ4n) is 1.05. The van der Waals surface area contributed by atoms with Gasteiger partial charge in [0.2, 0.25) is 0 Å². The van der Waals surface area contributed by atoms with Crippen molar-refractivity contribution in [3.05, 3.63) is 16.1 Å². The maximum atomic E-state index is 5.83. The molecule has 1 aromatic rings. The zero-order chi connectivity index (χ0) is 8.97. The van der Waals surface area contributed by atoms with E-state index in [1.807, 2.05) is 13.8 Å². The molecule has 1 unspecified atom stereocenters. The molecule has 1 atom stereocenters. The van der Waals surface area contributed by atoms with E-state index in [9.17, 15) is 0 Å². The normalized spacial score (nSPS) is 13.2. The number of halogens is 1. The standard InChI is InChI=1S/C9H14ClNS/c1-7(10)4-3-5-9-11-8(2)6-12-9/h6-7H,3-5H2,1-2H3. The molecule has 0 aromatic carbocycles. The molecule has 1 nitrogen and oxygen atoms in total. The number of aromatic nitrogens is 1. The molecule has 0 N–H and O–H groups in total. The first-order valence-corrected chi connectivity index (χ1v) is 5.55. The van der Waals surface area contributed by atoms with Crippen LogP contribution in [0.2, 0.25) is 0 Å². The topological polar surface area (TPSA) is 12.9 Å². The van der Waals surface area contributed by atoms with Crippen LogP contribution in [0.3, 0.4) is 0 Å². The third-order valence-corrected chi connectivity index (χ3v) is 2.90. The molecule has 0 bridgehead atoms. The first-order valence-electron chi connectivity index (χ1n) is 4.23. The van der Waals surface area contributed by atoms with Gasteiger partial charge in [-0.15, -0.1) is 22.9 Å². The van der Waals surface area contributed by atoms with Crippen LogP contribution in [0.5, 0.6) is 0 Å². The van der Waals surface area contributed by atoms with Crippen LogP contribution in [-0.4, -0.2) is 10.4 Å². The van der Waals surface area contributed by atoms with E-state index in [2.05, 4.69) is 10.4 Å². The highest BCUT2D eigenvalue weighted by atomic mass is 35.5. The average molecular weight is 204 g/mol. The molecule has 1 aromatic heterocycles. The summed E-state index contributed by atoms with van der Waals surface area (Å²) < 4.78 is 0. The van der Waals surface area contributed by atoms with E-state index < -0.39 is 0 Å². The second kappa shape index (κ2) is 4.83. The summed E-state index contributed by atoms with van der Waals surface area (Å²) in [6.45, 7) is 4.07. The molecule has 0 amide bonds. The number of thiazole rings is 1. The molecule has 0 saturated carbocycles. The van der Waals surface area contributed by atoms with E-state index in [0.717, 1.165) is 25.0 Å². The molecule has 68 valence electrons. The average Bonchev–Trinajstić information content (AvgIpc) is 2.35. The summed E-state index contributed by atoms with van der Waals surface area (Å²) in [7, 11) is 0. The van der Waals surface area contributed by atoms with Gasteiger partial charge in [-0.05, 0) is 33.1 Å². The Hall–Kier alpha value is -0.0800. The van der Waals surface area contributed by atoms with Crippen molar-refractivity contribution in [1.29, 1.82) is 0 Å². The molecule has 0 aliphatic heterocycles. The smallest absolute Gasteiger partial charge is 0.0928 e. The van der Waals surface area contributed by atoms with Gasteiger partial charge in [0.25, 0.3) is 0 Å². The lowest BCUT2D eigenvalue weighted by Crippen LogP contribution is -1.92. The maximum Gasteiger partial charge on any atom is 0.0928 e. The SMILES string of the molecule is Cc1csc(CCCC(C)Cl)n1. The van der Waals surface area contributed by atoms with Gasteiger partial charge in [-0.3, -0.25) is 0 Å². The van der Waals surface area contributed by atoms with Crippen LogP contribution in [-0.2, 0) is 6.42 Å². The summed E-state index contributed by atoms with van der Waals surface area (Å²) in [6.07, 6.45) is 3.31. The molecule has 0 fully saturated rings. The molecule has 0 aliphatic carbocycles. The maximum absolute atomic E-state index is 5.83. The molecule has 0 aliphatic rings. The number of alkyl halides is 1. The second-order valence-corrected chi connectivity index (χ2v) is 4.74. The van der Waals surface area contributed by atoms with Gasteiger partial charge in [0.15, 0.2) is 0 Å². The largest absolute Gasteiger partial charge is 0.247 e. The van der Waals surface area contributed by atoms with Crippen molar-refractivity contribution in [2.75, 3.05) is 0 Å². The van der Waals surface area contributed by atoms with Crippen LogP contribution in [0.15, 0.2) is 5.38 Å². The van der Waals surface area contributed by atoms with Crippen molar-refractivity contribution in [2.45, 2.75) is 38.5 Å². The van der Waals surface area contributed by atoms with E-state index in [0.29, 0.717) is 5.38 Å². The number of aryl methyl sites for hydroxylation is 2. The lowest BCUT2D eigenvalue weighted by Gasteiger charge is -1.99. The Morgan fingerprint density at radius 2 is 2.42 bits per heavy atom. The molecule has 1 heterocycles. The van der Waals surface area contributed by atoms with Crippen LogP contribution in [0.4, 0.5) is 0 Å². The van der Waals surface area contributed by atoms with Crippen molar-refractivity contribution in [3.63, 3.8) is 0 Å². The van der Waals surface area contributed by atoms with Crippen molar-refractivity contribution in [1.82, 2.24) is 4.98 Å². The van der Waals surface area contributed by atoms with Crippen LogP contribution in [0.25, 0.3) is 0 Å². The van der Waals surface area contributed by atoms with E-state index in [-0.39, 0.29) is 0 Å². The first-order chi connectivity index (χ1) is 5.68. The lowest BCUT2D eigenvalue weighted by molar-refractivity contribution is 0.720. The van der Waals surface area contributed by atoms with Crippen molar-refractivity contribution >= 4 is 22.9 Å². The van der Waals surface area contributed by atoms with Gasteiger partial charge in [0.05, 0.1) is 5.01 Å². The van der Waals surface area contributed by atoms with Crippen LogP contribution < -0.4 is 0 Å². The Kier molecular flexibility index (Phi) is 4.02. The summed E-state index contributed by atoms with van der Waals surface area (Å²) in [5, 5.41) is 3.63. The van der Waals surface area contributed by atoms with Crippen LogP contribution in [0, 0.1) is 6.92 Å². The van der Waals surface area contributed by atoms with Crippen molar-refractivity contribution in [2.24, 2.45) is 0 Å². The Bertz CT molecular complexity index is 232. The summed E-state index contributed by atoms with van der Waals surface area (Å²) in [5.41, 5.74) is 1.13. The van der Waals surface area contributed by atoms with Gasteiger partial charge < -0.3 is 0 Å². The summed E-state index contributed by atoms with van der Waals surface area (Å²) in [5.74, 6) is 0. The van der Waals surface area contributed by atoms with Crippen LogP contribution in [0.1, 0.15) is 30.5 Å². The van der Waals surface area contributed by atoms with Gasteiger partial charge >= 0.3 is 0 Å². The van der Waals surface area contributed by atoms with Gasteiger partial charge in [0, 0.05) is 16.5 Å². The van der Waals surface area contributed by atoms with Gasteiger partial charge in [0.1, 0.15) is 0 Å². The molecular weight excluding hydrogens is 190 g/mol. The Morgan fingerprint density at radius 1 is 1.67 bits per heavy atom. The Morgan fingerprint density at radius 3 is 2.92 bits per heavy atom. The third-order valence-electron chi connectivity index (χ3n) is 1.66. The van der Waals surface area contributed by atoms with E-state index in [1.165, 1.54) is 5.01 Å². The highest BCUT2D eigenvalue weighted by Gasteiger charge is 2.00. The zero-order valence-corrected chi connectivity index (χ0v) is 9.08. The number of rotatable bonds is 4. The molecule has 0 spiro atoms. The zero-order valence-electron chi connectivity index (χ0n) is 7.51. The molecule has 1 rings (SSSR count). The molecule has 3 heteroatoms. The van der Waals surface area contributed by atoms with Crippen molar-refractivity contribution in [3.8, 4) is 0 Å². The Balaban J connectivity index is 2.24. The van der Waals surface area contributed by atoms with Gasteiger partial charge in [-0.1, -0.05) is 0 Å². The fraction of sp³-hybridized carbons (Fsp3) is 0.667. The number of hydrogen-bond acceptors (Lipinski definition) is 2. The highest BCUT2D eigenvalue weighted by molar-refractivity contribution is 7.09. The quantitative estimate of drug-likeness (QED) is 0.684. The monoisotopic (exact) mass is 203 g/mol. The Labute approximate surface area is 82.8 Å². The molecule has 0 saturated heterocycles. The number of hydrogen-bond donors (Lipinski definition) is 0. The minimum atomic E-state index is 0.297. The summed E-state index contributed by atoms with van der Waals surface area (Å²) >= 11 is 7.58. The van der Waals surface area contributed by atoms with E-state index in [1.54, 1.807) is 11.3 Å². The summed E-state index contributed by atoms with van der Waals surface area (Å²) in [4.78, 5) is 4.38. The lowest BCUT2D eigenvalue weighted by atomic mass is 10.2. The summed E-state index contributed by atoms with van der Waals surface area (Å²) in [6, 6.07) is 0. The van der Waals surface area contributed by atoms with E-state index >= 15 is 0 Å². The van der Waals surface area contributed by atoms with Gasteiger partial charge in [-0.25, -0.2) is 4.98 Å². The highest BCUT2D eigenvalue weighted by Crippen LogP contribution is 2.13. The van der Waals surface area contributed by atoms with Crippen LogP contribution >= 0.6 is 22.9 Å². The predicted octanol–water partition coefficient (Wildman–Crippen LogP) is 3.40. The van der Waals surface area contributed by atoms with Gasteiger partial charge in [-0.2, -0.15) is 0 Å². The fourth-order valence-corrected chi connectivity index (χ4v) is 2.02. The molecular formula is C9H14ClNS. The van der Waals surface area contributed by atoms with Crippen molar-refractivity contribution < 1.29 is 0 Å². The molecule has 0 radical (unpaired) electrons.